The van der Waals surface area contributed by atoms with Crippen LogP contribution in [0.15, 0.2) is 42.5 Å². The number of nitrogens with one attached hydrogen (secondary N) is 2. The molecule has 0 heterocycles. The van der Waals surface area contributed by atoms with Crippen molar-refractivity contribution in [3.05, 3.63) is 59.2 Å². The van der Waals surface area contributed by atoms with Crippen LogP contribution in [0, 0.1) is 13.8 Å². The lowest BCUT2D eigenvalue weighted by atomic mass is 10.1. The third-order valence-electron chi connectivity index (χ3n) is 4.19. The molecule has 5 heteroatoms. The van der Waals surface area contributed by atoms with Crippen LogP contribution < -0.4 is 10.6 Å². The molecule has 0 aliphatic carbocycles. The molecule has 138 valence electrons. The van der Waals surface area contributed by atoms with E-state index >= 15 is 0 Å². The van der Waals surface area contributed by atoms with Crippen molar-refractivity contribution in [1.82, 2.24) is 4.90 Å². The first kappa shape index (κ1) is 19.5. The van der Waals surface area contributed by atoms with Crippen molar-refractivity contribution in [3.8, 4) is 0 Å². The molecule has 2 aromatic rings. The van der Waals surface area contributed by atoms with Crippen LogP contribution in [0.3, 0.4) is 0 Å². The van der Waals surface area contributed by atoms with Crippen molar-refractivity contribution in [1.29, 1.82) is 0 Å². The van der Waals surface area contributed by atoms with Gasteiger partial charge >= 0.3 is 0 Å². The normalized spacial score (nSPS) is 10.3. The highest BCUT2D eigenvalue weighted by atomic mass is 16.2. The highest BCUT2D eigenvalue weighted by Crippen LogP contribution is 2.16. The molecular formula is C21H27N3O2. The number of nitrogens with zero attached hydrogens (tertiary/aromatic N) is 1. The number of amides is 2. The zero-order valence-corrected chi connectivity index (χ0v) is 15.9. The van der Waals surface area contributed by atoms with E-state index in [2.05, 4.69) is 10.6 Å². The summed E-state index contributed by atoms with van der Waals surface area (Å²) in [6, 6.07) is 13.8. The molecule has 2 aromatic carbocycles. The Morgan fingerprint density at radius 1 is 1.00 bits per heavy atom. The molecule has 2 N–H and O–H groups in total. The topological polar surface area (TPSA) is 61.4 Å². The molecule has 0 radical (unpaired) electrons. The highest BCUT2D eigenvalue weighted by Gasteiger charge is 2.06. The number of carbonyl (C=O) groups is 2. The Morgan fingerprint density at radius 3 is 2.31 bits per heavy atom. The van der Waals surface area contributed by atoms with Crippen molar-refractivity contribution in [3.63, 3.8) is 0 Å². The Kier molecular flexibility index (Phi) is 6.78. The maximum atomic E-state index is 12.1. The van der Waals surface area contributed by atoms with Gasteiger partial charge in [-0.2, -0.15) is 0 Å². The number of benzene rings is 2. The zero-order valence-electron chi connectivity index (χ0n) is 15.9. The number of aryl methyl sites for hydroxylation is 3. The van der Waals surface area contributed by atoms with E-state index in [4.69, 9.17) is 0 Å². The summed E-state index contributed by atoms with van der Waals surface area (Å²) < 4.78 is 0. The van der Waals surface area contributed by atoms with E-state index in [1.54, 1.807) is 19.0 Å². The third kappa shape index (κ3) is 5.92. The molecule has 0 aromatic heterocycles. The SMILES string of the molecule is Cc1ccc(NC(=O)CNc2ccc(CCC(=O)N(C)C)cc2)c(C)c1. The molecule has 0 aliphatic rings. The van der Waals surface area contributed by atoms with E-state index in [9.17, 15) is 9.59 Å². The van der Waals surface area contributed by atoms with Crippen molar-refractivity contribution < 1.29 is 9.59 Å². The molecule has 0 unspecified atom stereocenters. The van der Waals surface area contributed by atoms with E-state index in [1.165, 1.54) is 5.56 Å². The summed E-state index contributed by atoms with van der Waals surface area (Å²) in [6.45, 7) is 4.21. The lowest BCUT2D eigenvalue weighted by molar-refractivity contribution is -0.128. The molecule has 0 saturated carbocycles. The van der Waals surface area contributed by atoms with Gasteiger partial charge in [0.2, 0.25) is 11.8 Å². The van der Waals surface area contributed by atoms with Crippen molar-refractivity contribution >= 4 is 23.2 Å². The van der Waals surface area contributed by atoms with Gasteiger partial charge < -0.3 is 15.5 Å². The maximum absolute atomic E-state index is 12.1. The fourth-order valence-corrected chi connectivity index (χ4v) is 2.59. The van der Waals surface area contributed by atoms with Gasteiger partial charge in [0.1, 0.15) is 0 Å². The van der Waals surface area contributed by atoms with E-state index in [-0.39, 0.29) is 18.4 Å². The van der Waals surface area contributed by atoms with Crippen molar-refractivity contribution in [2.45, 2.75) is 26.7 Å². The average Bonchev–Trinajstić information content (AvgIpc) is 2.61. The second kappa shape index (κ2) is 9.04. The number of hydrogen-bond donors (Lipinski definition) is 2. The molecule has 2 rings (SSSR count). The van der Waals surface area contributed by atoms with Crippen LogP contribution in [0.2, 0.25) is 0 Å². The lowest BCUT2D eigenvalue weighted by Gasteiger charge is -2.11. The summed E-state index contributed by atoms with van der Waals surface area (Å²) in [5.74, 6) is 0.0351. The maximum Gasteiger partial charge on any atom is 0.243 e. The predicted octanol–water partition coefficient (Wildman–Crippen LogP) is 3.37. The number of carbonyl (C=O) groups excluding carboxylic acids is 2. The van der Waals surface area contributed by atoms with Crippen molar-refractivity contribution in [2.75, 3.05) is 31.3 Å². The Morgan fingerprint density at radius 2 is 1.69 bits per heavy atom. The average molecular weight is 353 g/mol. The fraction of sp³-hybridized carbons (Fsp3) is 0.333. The minimum atomic E-state index is -0.0855. The second-order valence-electron chi connectivity index (χ2n) is 6.71. The first-order valence-electron chi connectivity index (χ1n) is 8.75. The molecule has 0 atom stereocenters. The monoisotopic (exact) mass is 353 g/mol. The number of hydrogen-bond acceptors (Lipinski definition) is 3. The number of anilines is 2. The highest BCUT2D eigenvalue weighted by molar-refractivity contribution is 5.94. The van der Waals surface area contributed by atoms with Gasteiger partial charge in [0.05, 0.1) is 6.54 Å². The molecule has 0 aliphatic heterocycles. The first-order valence-corrected chi connectivity index (χ1v) is 8.75. The van der Waals surface area contributed by atoms with Crippen LogP contribution in [-0.2, 0) is 16.0 Å². The minimum absolute atomic E-state index is 0.0855. The fourth-order valence-electron chi connectivity index (χ4n) is 2.59. The van der Waals surface area contributed by atoms with Gasteiger partial charge in [-0.3, -0.25) is 9.59 Å². The Hall–Kier alpha value is -2.82. The van der Waals surface area contributed by atoms with E-state index in [0.29, 0.717) is 12.8 Å². The molecule has 26 heavy (non-hydrogen) atoms. The predicted molar refractivity (Wildman–Crippen MR) is 106 cm³/mol. The Balaban J connectivity index is 1.81. The van der Waals surface area contributed by atoms with E-state index in [1.807, 2.05) is 56.3 Å². The van der Waals surface area contributed by atoms with Crippen LogP contribution in [0.5, 0.6) is 0 Å². The molecule has 0 fully saturated rings. The summed E-state index contributed by atoms with van der Waals surface area (Å²) in [5.41, 5.74) is 5.04. The van der Waals surface area contributed by atoms with Crippen LogP contribution in [0.25, 0.3) is 0 Å². The molecule has 0 saturated heterocycles. The standard InChI is InChI=1S/C21H27N3O2/c1-15-5-11-19(16(2)13-15)23-20(25)14-22-18-9-6-17(7-10-18)8-12-21(26)24(3)4/h5-7,9-11,13,22H,8,12,14H2,1-4H3,(H,23,25). The summed E-state index contributed by atoms with van der Waals surface area (Å²) in [6.07, 6.45) is 1.21. The second-order valence-corrected chi connectivity index (χ2v) is 6.71. The van der Waals surface area contributed by atoms with Crippen LogP contribution >= 0.6 is 0 Å². The summed E-state index contributed by atoms with van der Waals surface area (Å²) in [7, 11) is 3.52. The summed E-state index contributed by atoms with van der Waals surface area (Å²) >= 11 is 0. The van der Waals surface area contributed by atoms with Gasteiger partial charge in [-0.05, 0) is 49.6 Å². The Bertz CT molecular complexity index is 767. The van der Waals surface area contributed by atoms with Crippen LogP contribution in [0.1, 0.15) is 23.1 Å². The number of rotatable bonds is 7. The van der Waals surface area contributed by atoms with Gasteiger partial charge in [-0.25, -0.2) is 0 Å². The van der Waals surface area contributed by atoms with Crippen LogP contribution in [0.4, 0.5) is 11.4 Å². The minimum Gasteiger partial charge on any atom is -0.376 e. The van der Waals surface area contributed by atoms with Gasteiger partial charge in [-0.1, -0.05) is 29.8 Å². The zero-order chi connectivity index (χ0) is 19.1. The summed E-state index contributed by atoms with van der Waals surface area (Å²) in [4.78, 5) is 25.3. The van der Waals surface area contributed by atoms with Gasteiger partial charge in [0, 0.05) is 31.9 Å². The van der Waals surface area contributed by atoms with E-state index < -0.39 is 0 Å². The summed E-state index contributed by atoms with van der Waals surface area (Å²) in [5, 5.41) is 6.04. The van der Waals surface area contributed by atoms with E-state index in [0.717, 1.165) is 22.5 Å². The lowest BCUT2D eigenvalue weighted by Crippen LogP contribution is -2.22. The molecule has 0 bridgehead atoms. The third-order valence-corrected chi connectivity index (χ3v) is 4.19. The van der Waals surface area contributed by atoms with Gasteiger partial charge in [0.15, 0.2) is 0 Å². The molecular weight excluding hydrogens is 326 g/mol. The molecule has 5 nitrogen and oxygen atoms in total. The largest absolute Gasteiger partial charge is 0.376 e. The first-order chi connectivity index (χ1) is 12.3. The van der Waals surface area contributed by atoms with Crippen LogP contribution in [-0.4, -0.2) is 37.4 Å². The van der Waals surface area contributed by atoms with Crippen molar-refractivity contribution in [2.24, 2.45) is 0 Å². The Labute approximate surface area is 155 Å². The quantitative estimate of drug-likeness (QED) is 0.802. The molecule has 2 amide bonds. The van der Waals surface area contributed by atoms with Gasteiger partial charge in [0.25, 0.3) is 0 Å². The smallest absolute Gasteiger partial charge is 0.243 e. The van der Waals surface area contributed by atoms with Gasteiger partial charge in [-0.15, -0.1) is 0 Å². The molecule has 0 spiro atoms.